The maximum absolute atomic E-state index is 10.8. The van der Waals surface area contributed by atoms with Crippen molar-refractivity contribution in [3.63, 3.8) is 0 Å². The molecule has 1 aromatic carbocycles. The summed E-state index contributed by atoms with van der Waals surface area (Å²) in [6.45, 7) is 4.63. The van der Waals surface area contributed by atoms with Crippen molar-refractivity contribution < 1.29 is 23.7 Å². The molecule has 0 unspecified atom stereocenters. The molecular weight excluding hydrogens is 260 g/mol. The highest BCUT2D eigenvalue weighted by Gasteiger charge is 2.20. The van der Waals surface area contributed by atoms with Gasteiger partial charge in [-0.2, -0.15) is 0 Å². The van der Waals surface area contributed by atoms with Gasteiger partial charge in [-0.1, -0.05) is 6.07 Å². The molecule has 1 aromatic rings. The first-order chi connectivity index (χ1) is 9.86. The summed E-state index contributed by atoms with van der Waals surface area (Å²) in [5.74, 6) is 1.49. The number of ether oxygens (including phenoxy) is 4. The van der Waals surface area contributed by atoms with E-state index in [0.717, 1.165) is 28.9 Å². The molecule has 0 fully saturated rings. The topological polar surface area (TPSA) is 54.0 Å². The molecule has 0 saturated carbocycles. The molecular formula is C15H20O5. The lowest BCUT2D eigenvalue weighted by atomic mass is 10.0. The molecule has 0 aliphatic carbocycles. The molecule has 0 saturated heterocycles. The summed E-state index contributed by atoms with van der Waals surface area (Å²) >= 11 is 0. The van der Waals surface area contributed by atoms with E-state index in [4.69, 9.17) is 18.9 Å². The van der Waals surface area contributed by atoms with E-state index in [2.05, 4.69) is 0 Å². The van der Waals surface area contributed by atoms with Crippen molar-refractivity contribution in [3.05, 3.63) is 23.3 Å². The predicted molar refractivity (Wildman–Crippen MR) is 73.3 cm³/mol. The molecule has 0 spiro atoms. The molecule has 5 nitrogen and oxygen atoms in total. The average Bonchev–Trinajstić information content (AvgIpc) is 2.93. The zero-order chi connectivity index (χ0) is 14.2. The van der Waals surface area contributed by atoms with Crippen molar-refractivity contribution in [1.29, 1.82) is 0 Å². The molecule has 2 rings (SSSR count). The van der Waals surface area contributed by atoms with Gasteiger partial charge in [0.05, 0.1) is 19.8 Å². The minimum atomic E-state index is 0.234. The van der Waals surface area contributed by atoms with E-state index in [1.54, 1.807) is 0 Å². The van der Waals surface area contributed by atoms with Crippen LogP contribution in [-0.2, 0) is 27.1 Å². The van der Waals surface area contributed by atoms with Gasteiger partial charge in [0.25, 0.3) is 0 Å². The molecule has 0 N–H and O–H groups in total. The van der Waals surface area contributed by atoms with Gasteiger partial charge in [-0.15, -0.1) is 0 Å². The van der Waals surface area contributed by atoms with Crippen molar-refractivity contribution in [2.45, 2.75) is 19.8 Å². The zero-order valence-electron chi connectivity index (χ0n) is 11.7. The third-order valence-corrected chi connectivity index (χ3v) is 3.11. The third-order valence-electron chi connectivity index (χ3n) is 3.11. The molecule has 1 aliphatic heterocycles. The standard InChI is InChI=1S/C15H20O5/c1-2-17-9-10-18-8-6-13-12(5-7-16)3-4-14-15(13)20-11-19-14/h3-4,7H,2,5-6,8-11H2,1H3. The molecule has 20 heavy (non-hydrogen) atoms. The second kappa shape index (κ2) is 7.87. The van der Waals surface area contributed by atoms with Gasteiger partial charge in [-0.05, 0) is 25.0 Å². The Morgan fingerprint density at radius 2 is 2.05 bits per heavy atom. The smallest absolute Gasteiger partial charge is 0.231 e. The monoisotopic (exact) mass is 280 g/mol. The van der Waals surface area contributed by atoms with Gasteiger partial charge in [0.15, 0.2) is 11.5 Å². The van der Waals surface area contributed by atoms with Crippen LogP contribution in [0.15, 0.2) is 12.1 Å². The van der Waals surface area contributed by atoms with E-state index >= 15 is 0 Å². The molecule has 110 valence electrons. The lowest BCUT2D eigenvalue weighted by Gasteiger charge is -2.11. The number of benzene rings is 1. The maximum Gasteiger partial charge on any atom is 0.231 e. The number of fused-ring (bicyclic) bond motifs is 1. The Bertz CT molecular complexity index is 444. The van der Waals surface area contributed by atoms with Crippen LogP contribution in [0.1, 0.15) is 18.1 Å². The first-order valence-electron chi connectivity index (χ1n) is 6.86. The van der Waals surface area contributed by atoms with E-state index < -0.39 is 0 Å². The van der Waals surface area contributed by atoms with Crippen LogP contribution in [0.2, 0.25) is 0 Å². The van der Waals surface area contributed by atoms with E-state index in [0.29, 0.717) is 39.3 Å². The Kier molecular flexibility index (Phi) is 5.83. The summed E-state index contributed by atoms with van der Waals surface area (Å²) in [6, 6.07) is 3.76. The fourth-order valence-electron chi connectivity index (χ4n) is 2.16. The Morgan fingerprint density at radius 1 is 1.20 bits per heavy atom. The van der Waals surface area contributed by atoms with E-state index in [9.17, 15) is 4.79 Å². The molecule has 0 radical (unpaired) electrons. The molecule has 0 amide bonds. The molecule has 5 heteroatoms. The quantitative estimate of drug-likeness (QED) is 0.509. The first kappa shape index (κ1) is 14.8. The van der Waals surface area contributed by atoms with E-state index in [1.165, 1.54) is 0 Å². The van der Waals surface area contributed by atoms with Crippen LogP contribution in [0.4, 0.5) is 0 Å². The molecule has 0 bridgehead atoms. The van der Waals surface area contributed by atoms with Gasteiger partial charge in [-0.3, -0.25) is 0 Å². The maximum atomic E-state index is 10.8. The van der Waals surface area contributed by atoms with Crippen LogP contribution >= 0.6 is 0 Å². The Hall–Kier alpha value is -1.59. The SMILES string of the molecule is CCOCCOCCc1c(CC=O)ccc2c1OCO2. The number of aldehydes is 1. The predicted octanol–water partition coefficient (Wildman–Crippen LogP) is 1.75. The summed E-state index contributed by atoms with van der Waals surface area (Å²) in [4.78, 5) is 10.8. The van der Waals surface area contributed by atoms with Crippen LogP contribution < -0.4 is 9.47 Å². The van der Waals surface area contributed by atoms with Crippen molar-refractivity contribution in [3.8, 4) is 11.5 Å². The highest BCUT2D eigenvalue weighted by molar-refractivity contribution is 5.60. The van der Waals surface area contributed by atoms with Gasteiger partial charge >= 0.3 is 0 Å². The summed E-state index contributed by atoms with van der Waals surface area (Å²) < 4.78 is 21.6. The fourth-order valence-corrected chi connectivity index (χ4v) is 2.16. The summed E-state index contributed by atoms with van der Waals surface area (Å²) in [6.07, 6.45) is 1.98. The highest BCUT2D eigenvalue weighted by atomic mass is 16.7. The van der Waals surface area contributed by atoms with Crippen LogP contribution in [0, 0.1) is 0 Å². The van der Waals surface area contributed by atoms with Crippen LogP contribution in [0.5, 0.6) is 11.5 Å². The van der Waals surface area contributed by atoms with Gasteiger partial charge in [-0.25, -0.2) is 0 Å². The summed E-state index contributed by atoms with van der Waals surface area (Å²) in [7, 11) is 0. The van der Waals surface area contributed by atoms with Crippen LogP contribution in [0.3, 0.4) is 0 Å². The fraction of sp³-hybridized carbons (Fsp3) is 0.533. The average molecular weight is 280 g/mol. The van der Waals surface area contributed by atoms with E-state index in [1.807, 2.05) is 19.1 Å². The van der Waals surface area contributed by atoms with Crippen molar-refractivity contribution in [2.24, 2.45) is 0 Å². The molecule has 1 aliphatic rings. The lowest BCUT2D eigenvalue weighted by molar-refractivity contribution is -0.107. The second-order valence-electron chi connectivity index (χ2n) is 4.37. The lowest BCUT2D eigenvalue weighted by Crippen LogP contribution is -2.08. The number of hydrogen-bond acceptors (Lipinski definition) is 5. The minimum absolute atomic E-state index is 0.234. The van der Waals surface area contributed by atoms with Gasteiger partial charge in [0.2, 0.25) is 6.79 Å². The van der Waals surface area contributed by atoms with Crippen LogP contribution in [0.25, 0.3) is 0 Å². The largest absolute Gasteiger partial charge is 0.454 e. The van der Waals surface area contributed by atoms with Crippen LogP contribution in [-0.4, -0.2) is 39.5 Å². The molecule has 1 heterocycles. The van der Waals surface area contributed by atoms with Crippen molar-refractivity contribution >= 4 is 6.29 Å². The third kappa shape index (κ3) is 3.71. The number of carbonyl (C=O) groups is 1. The molecule has 0 atom stereocenters. The first-order valence-corrected chi connectivity index (χ1v) is 6.86. The summed E-state index contributed by atoms with van der Waals surface area (Å²) in [5.41, 5.74) is 1.97. The Morgan fingerprint density at radius 3 is 2.85 bits per heavy atom. The van der Waals surface area contributed by atoms with Gasteiger partial charge in [0.1, 0.15) is 6.29 Å². The number of hydrogen-bond donors (Lipinski definition) is 0. The molecule has 0 aromatic heterocycles. The van der Waals surface area contributed by atoms with Crippen molar-refractivity contribution in [1.82, 2.24) is 0 Å². The normalized spacial score (nSPS) is 12.7. The number of carbonyl (C=O) groups excluding carboxylic acids is 1. The van der Waals surface area contributed by atoms with Crippen molar-refractivity contribution in [2.75, 3.05) is 33.2 Å². The second-order valence-corrected chi connectivity index (χ2v) is 4.37. The van der Waals surface area contributed by atoms with Gasteiger partial charge < -0.3 is 23.7 Å². The summed E-state index contributed by atoms with van der Waals surface area (Å²) in [5, 5.41) is 0. The Balaban J connectivity index is 1.94. The minimum Gasteiger partial charge on any atom is -0.454 e. The van der Waals surface area contributed by atoms with Gasteiger partial charge in [0, 0.05) is 18.6 Å². The Labute approximate surface area is 118 Å². The highest BCUT2D eigenvalue weighted by Crippen LogP contribution is 2.37. The zero-order valence-corrected chi connectivity index (χ0v) is 11.7. The van der Waals surface area contributed by atoms with E-state index in [-0.39, 0.29) is 6.79 Å². The number of rotatable bonds is 9.